The van der Waals surface area contributed by atoms with Crippen molar-refractivity contribution in [3.63, 3.8) is 0 Å². The first-order chi connectivity index (χ1) is 31.1. The molecule has 13 aromatic rings. The summed E-state index contributed by atoms with van der Waals surface area (Å²) in [6.07, 6.45) is 3.01. The molecule has 1 aliphatic rings. The molecule has 1 unspecified atom stereocenters. The van der Waals surface area contributed by atoms with E-state index in [0.29, 0.717) is 23.9 Å². The van der Waals surface area contributed by atoms with Crippen LogP contribution in [0.4, 0.5) is 0 Å². The monoisotopic (exact) mass is 842 g/mol. The maximum atomic E-state index is 7.12. The molecule has 0 spiro atoms. The van der Waals surface area contributed by atoms with Crippen molar-refractivity contribution in [1.29, 1.82) is 0 Å². The molecule has 5 nitrogen and oxygen atoms in total. The van der Waals surface area contributed by atoms with E-state index >= 15 is 0 Å². The molecule has 63 heavy (non-hydrogen) atoms. The third kappa shape index (κ3) is 5.12. The molecule has 296 valence electrons. The van der Waals surface area contributed by atoms with Gasteiger partial charge in [0.25, 0.3) is 0 Å². The smallest absolute Gasteiger partial charge is 0.164 e. The summed E-state index contributed by atoms with van der Waals surface area (Å²) in [7, 11) is 0. The topological polar surface area (TPSA) is 56.7 Å². The molecule has 1 atom stereocenters. The molecule has 0 amide bonds. The van der Waals surface area contributed by atoms with Gasteiger partial charge in [-0.05, 0) is 72.6 Å². The number of furan rings is 1. The number of para-hydroxylation sites is 2. The predicted molar refractivity (Wildman–Crippen MR) is 264 cm³/mol. The van der Waals surface area contributed by atoms with E-state index in [9.17, 15) is 0 Å². The molecule has 0 saturated heterocycles. The van der Waals surface area contributed by atoms with E-state index in [0.717, 1.165) is 39.0 Å². The second kappa shape index (κ2) is 13.0. The Hall–Kier alpha value is -7.45. The number of benzene rings is 8. The Labute approximate surface area is 368 Å². The lowest BCUT2D eigenvalue weighted by molar-refractivity contribution is 0.333. The van der Waals surface area contributed by atoms with E-state index in [1.54, 1.807) is 22.7 Å². The average Bonchev–Trinajstić information content (AvgIpc) is 4.10. The van der Waals surface area contributed by atoms with Gasteiger partial charge in [0.1, 0.15) is 16.9 Å². The molecule has 0 radical (unpaired) electrons. The summed E-state index contributed by atoms with van der Waals surface area (Å²) in [5, 5.41) is 11.0. The van der Waals surface area contributed by atoms with Crippen molar-refractivity contribution in [3.8, 4) is 22.8 Å². The highest BCUT2D eigenvalue weighted by atomic mass is 32.1. The van der Waals surface area contributed by atoms with Crippen LogP contribution in [0.2, 0.25) is 0 Å². The number of rotatable bonds is 4. The quantitative estimate of drug-likeness (QED) is 0.177. The number of hydrogen-bond acceptors (Lipinski definition) is 6. The van der Waals surface area contributed by atoms with Crippen LogP contribution in [-0.2, 0) is 5.54 Å². The number of allylic oxidation sites excluding steroid dienone is 1. The minimum atomic E-state index is -0.585. The molecule has 0 bridgehead atoms. The molecule has 1 aliphatic carbocycles. The largest absolute Gasteiger partial charge is 0.458 e. The zero-order valence-electron chi connectivity index (χ0n) is 34.0. The zero-order chi connectivity index (χ0) is 41.4. The first-order valence-corrected chi connectivity index (χ1v) is 22.9. The van der Waals surface area contributed by atoms with E-state index in [1.807, 2.05) is 0 Å². The molecule has 14 rings (SSSR count). The minimum absolute atomic E-state index is 0.585. The van der Waals surface area contributed by atoms with Crippen LogP contribution in [0.15, 0.2) is 180 Å². The van der Waals surface area contributed by atoms with Crippen molar-refractivity contribution >= 4 is 112 Å². The van der Waals surface area contributed by atoms with E-state index < -0.39 is 5.54 Å². The highest BCUT2D eigenvalue weighted by Gasteiger charge is 2.42. The van der Waals surface area contributed by atoms with Gasteiger partial charge in [0.15, 0.2) is 17.5 Å². The van der Waals surface area contributed by atoms with Crippen LogP contribution in [0.25, 0.3) is 112 Å². The first kappa shape index (κ1) is 35.2. The van der Waals surface area contributed by atoms with Crippen LogP contribution in [0.1, 0.15) is 30.5 Å². The standard InChI is InChI=1S/C56H34N4OS2/c1-56(60-44-18-8-4-14-36(44)43-28-32-12-2-3-13-33(32)29-45(43)60)27-26-42(51-41-17-5-9-19-46(41)61-52(51)56)55-58-53(34-22-24-39-37-15-6-10-20-47(37)62-49(39)30-34)57-54(59-55)35-23-25-40-38-16-7-11-21-48(38)63-50(40)31-35/h2-26,28-31H,27H2,1H3. The Morgan fingerprint density at radius 1 is 0.476 bits per heavy atom. The average molecular weight is 843 g/mol. The Morgan fingerprint density at radius 3 is 1.70 bits per heavy atom. The van der Waals surface area contributed by atoms with E-state index in [1.165, 1.54) is 72.9 Å². The summed E-state index contributed by atoms with van der Waals surface area (Å²) >= 11 is 3.61. The van der Waals surface area contributed by atoms with Crippen LogP contribution in [0.3, 0.4) is 0 Å². The number of hydrogen-bond donors (Lipinski definition) is 0. The minimum Gasteiger partial charge on any atom is -0.458 e. The fraction of sp³-hybridized carbons (Fsp3) is 0.0536. The SMILES string of the molecule is CC1(n2c3ccccc3c3cc4ccccc4cc32)CC=C(c2nc(-c3ccc4c(c3)sc3ccccc34)nc(-c3ccc4c(c3)sc3ccccc34)n2)c2c1oc1ccccc21. The van der Waals surface area contributed by atoms with Crippen molar-refractivity contribution in [3.05, 3.63) is 193 Å². The highest BCUT2D eigenvalue weighted by Crippen LogP contribution is 2.50. The first-order valence-electron chi connectivity index (χ1n) is 21.3. The molecule has 0 N–H and O–H groups in total. The van der Waals surface area contributed by atoms with Gasteiger partial charge < -0.3 is 8.98 Å². The molecule has 0 aliphatic heterocycles. The van der Waals surface area contributed by atoms with Crippen molar-refractivity contribution in [1.82, 2.24) is 19.5 Å². The fourth-order valence-electron chi connectivity index (χ4n) is 10.3. The van der Waals surface area contributed by atoms with Crippen molar-refractivity contribution < 1.29 is 4.42 Å². The van der Waals surface area contributed by atoms with Crippen LogP contribution >= 0.6 is 22.7 Å². The third-order valence-corrected chi connectivity index (χ3v) is 15.5. The number of nitrogens with zero attached hydrogens (tertiary/aromatic N) is 4. The maximum Gasteiger partial charge on any atom is 0.164 e. The Balaban J connectivity index is 1.01. The predicted octanol–water partition coefficient (Wildman–Crippen LogP) is 15.5. The fourth-order valence-corrected chi connectivity index (χ4v) is 12.5. The lowest BCUT2D eigenvalue weighted by Gasteiger charge is -2.35. The van der Waals surface area contributed by atoms with Crippen molar-refractivity contribution in [2.45, 2.75) is 18.9 Å². The highest BCUT2D eigenvalue weighted by molar-refractivity contribution is 7.26. The van der Waals surface area contributed by atoms with Gasteiger partial charge in [-0.25, -0.2) is 15.0 Å². The normalized spacial score (nSPS) is 15.5. The van der Waals surface area contributed by atoms with Gasteiger partial charge in [0.05, 0.1) is 11.0 Å². The van der Waals surface area contributed by atoms with Crippen molar-refractivity contribution in [2.24, 2.45) is 0 Å². The van der Waals surface area contributed by atoms with Crippen LogP contribution in [0, 0.1) is 0 Å². The second-order valence-electron chi connectivity index (χ2n) is 16.9. The lowest BCUT2D eigenvalue weighted by Crippen LogP contribution is -2.33. The summed E-state index contributed by atoms with van der Waals surface area (Å²) in [4.78, 5) is 16.1. The second-order valence-corrected chi connectivity index (χ2v) is 19.1. The van der Waals surface area contributed by atoms with Gasteiger partial charge in [-0.3, -0.25) is 0 Å². The molecule has 0 fully saturated rings. The van der Waals surface area contributed by atoms with E-state index in [-0.39, 0.29) is 0 Å². The van der Waals surface area contributed by atoms with Gasteiger partial charge in [-0.15, -0.1) is 22.7 Å². The number of thiophene rings is 2. The number of fused-ring (bicyclic) bond motifs is 13. The Kier molecular flexibility index (Phi) is 7.28. The van der Waals surface area contributed by atoms with Gasteiger partial charge in [0.2, 0.25) is 0 Å². The molecular weight excluding hydrogens is 809 g/mol. The van der Waals surface area contributed by atoms with Gasteiger partial charge in [0, 0.05) is 78.8 Å². The van der Waals surface area contributed by atoms with Crippen LogP contribution in [-0.4, -0.2) is 19.5 Å². The van der Waals surface area contributed by atoms with Gasteiger partial charge in [-0.2, -0.15) is 0 Å². The molecule has 5 aromatic heterocycles. The summed E-state index contributed by atoms with van der Waals surface area (Å²) in [6.45, 7) is 2.33. The van der Waals surface area contributed by atoms with E-state index in [4.69, 9.17) is 19.4 Å². The van der Waals surface area contributed by atoms with E-state index in [2.05, 4.69) is 187 Å². The third-order valence-electron chi connectivity index (χ3n) is 13.2. The number of aromatic nitrogens is 4. The molecule has 0 saturated carbocycles. The molecular formula is C56H34N4OS2. The maximum absolute atomic E-state index is 7.12. The Morgan fingerprint density at radius 2 is 1.02 bits per heavy atom. The molecule has 5 heterocycles. The summed E-state index contributed by atoms with van der Waals surface area (Å²) in [5.74, 6) is 2.82. The van der Waals surface area contributed by atoms with Crippen LogP contribution < -0.4 is 0 Å². The van der Waals surface area contributed by atoms with Gasteiger partial charge >= 0.3 is 0 Å². The molecule has 7 heteroatoms. The lowest BCUT2D eigenvalue weighted by atomic mass is 9.81. The van der Waals surface area contributed by atoms with Crippen molar-refractivity contribution in [2.75, 3.05) is 0 Å². The van der Waals surface area contributed by atoms with Gasteiger partial charge in [-0.1, -0.05) is 127 Å². The van der Waals surface area contributed by atoms with Crippen LogP contribution in [0.5, 0.6) is 0 Å². The molecule has 8 aromatic carbocycles. The summed E-state index contributed by atoms with van der Waals surface area (Å²) in [6, 6.07) is 61.0. The Bertz CT molecular complexity index is 3980. The zero-order valence-corrected chi connectivity index (χ0v) is 35.6. The summed E-state index contributed by atoms with van der Waals surface area (Å²) in [5.41, 5.74) is 6.50. The summed E-state index contributed by atoms with van der Waals surface area (Å²) < 4.78 is 14.6.